The molecule has 0 spiro atoms. The van der Waals surface area contributed by atoms with Crippen molar-refractivity contribution in [3.05, 3.63) is 0 Å². The maximum absolute atomic E-state index is 11.1. The molecule has 3 N–H and O–H groups in total. The summed E-state index contributed by atoms with van der Waals surface area (Å²) < 4.78 is 0. The van der Waals surface area contributed by atoms with Crippen LogP contribution in [0.15, 0.2) is 0 Å². The van der Waals surface area contributed by atoms with Crippen LogP contribution in [0.4, 0.5) is 0 Å². The highest BCUT2D eigenvalue weighted by Gasteiger charge is 2.30. The molecule has 0 aliphatic rings. The number of nitrogens with one attached hydrogen (secondary N) is 1. The number of hydrogen-bond acceptors (Lipinski definition) is 4. The van der Waals surface area contributed by atoms with Crippen LogP contribution in [0.25, 0.3) is 0 Å². The van der Waals surface area contributed by atoms with Gasteiger partial charge in [-0.2, -0.15) is 11.8 Å². The van der Waals surface area contributed by atoms with Crippen molar-refractivity contribution >= 4 is 17.7 Å². The minimum Gasteiger partial charge on any atom is -0.480 e. The summed E-state index contributed by atoms with van der Waals surface area (Å²) in [6, 6.07) is 0. The number of likely N-dealkylation sites (N-methyl/N-ethyl adjacent to an activating group) is 1. The number of aliphatic carboxylic acids is 1. The highest BCUT2D eigenvalue weighted by molar-refractivity contribution is 7.99. The topological polar surface area (TPSA) is 69.6 Å². The van der Waals surface area contributed by atoms with E-state index in [1.807, 2.05) is 6.92 Å². The molecule has 0 heterocycles. The van der Waals surface area contributed by atoms with Crippen LogP contribution in [0.2, 0.25) is 0 Å². The van der Waals surface area contributed by atoms with Gasteiger partial charge in [-0.1, -0.05) is 6.92 Å². The quantitative estimate of drug-likeness (QED) is 0.510. The third kappa shape index (κ3) is 6.35. The third-order valence-corrected chi connectivity index (χ3v) is 3.61. The lowest BCUT2D eigenvalue weighted by Crippen LogP contribution is -2.49. The molecule has 0 bridgehead atoms. The second kappa shape index (κ2) is 8.84. The van der Waals surface area contributed by atoms with E-state index in [9.17, 15) is 4.79 Å². The summed E-state index contributed by atoms with van der Waals surface area (Å²) in [6.07, 6.45) is 2.34. The summed E-state index contributed by atoms with van der Waals surface area (Å²) in [5.41, 5.74) is -0.799. The van der Waals surface area contributed by atoms with Crippen molar-refractivity contribution in [2.45, 2.75) is 38.6 Å². The molecular weight excluding hydrogens is 226 g/mol. The minimum absolute atomic E-state index is 0.233. The number of carboxylic acid groups (broad SMARTS) is 1. The number of carboxylic acids is 1. The second-order valence-corrected chi connectivity index (χ2v) is 5.19. The first-order valence-electron chi connectivity index (χ1n) is 5.74. The Morgan fingerprint density at radius 1 is 1.38 bits per heavy atom. The zero-order valence-corrected chi connectivity index (χ0v) is 11.0. The lowest BCUT2D eigenvalue weighted by molar-refractivity contribution is -0.144. The molecule has 16 heavy (non-hydrogen) atoms. The summed E-state index contributed by atoms with van der Waals surface area (Å²) >= 11 is 1.77. The van der Waals surface area contributed by atoms with Gasteiger partial charge in [0, 0.05) is 6.61 Å². The molecule has 0 aliphatic heterocycles. The van der Waals surface area contributed by atoms with Crippen molar-refractivity contribution < 1.29 is 15.0 Å². The van der Waals surface area contributed by atoms with Crippen LogP contribution < -0.4 is 5.32 Å². The fraction of sp³-hybridized carbons (Fsp3) is 0.909. The first-order valence-corrected chi connectivity index (χ1v) is 6.89. The van der Waals surface area contributed by atoms with Gasteiger partial charge in [0.05, 0.1) is 0 Å². The Labute approximate surface area is 102 Å². The molecule has 96 valence electrons. The van der Waals surface area contributed by atoms with Crippen LogP contribution >= 0.6 is 11.8 Å². The largest absolute Gasteiger partial charge is 0.480 e. The lowest BCUT2D eigenvalue weighted by Gasteiger charge is -2.25. The predicted molar refractivity (Wildman–Crippen MR) is 68.0 cm³/mol. The van der Waals surface area contributed by atoms with Gasteiger partial charge >= 0.3 is 5.97 Å². The van der Waals surface area contributed by atoms with Crippen molar-refractivity contribution in [1.29, 1.82) is 0 Å². The van der Waals surface area contributed by atoms with E-state index in [4.69, 9.17) is 10.2 Å². The Kier molecular flexibility index (Phi) is 8.70. The van der Waals surface area contributed by atoms with E-state index in [1.165, 1.54) is 0 Å². The molecular formula is C11H23NO3S. The zero-order chi connectivity index (χ0) is 12.4. The SMILES string of the molecule is CCNC(C)(CCCSCCCO)C(=O)O. The van der Waals surface area contributed by atoms with E-state index in [-0.39, 0.29) is 6.61 Å². The van der Waals surface area contributed by atoms with Gasteiger partial charge in [0.25, 0.3) is 0 Å². The number of thioether (sulfide) groups is 1. The summed E-state index contributed by atoms with van der Waals surface area (Å²) in [5, 5.41) is 20.7. The average Bonchev–Trinajstić information content (AvgIpc) is 2.23. The maximum atomic E-state index is 11.1. The van der Waals surface area contributed by atoms with Crippen molar-refractivity contribution in [2.75, 3.05) is 24.7 Å². The van der Waals surface area contributed by atoms with E-state index in [1.54, 1.807) is 18.7 Å². The Morgan fingerprint density at radius 2 is 2.00 bits per heavy atom. The summed E-state index contributed by atoms with van der Waals surface area (Å²) in [5.74, 6) is 1.12. The highest BCUT2D eigenvalue weighted by atomic mass is 32.2. The molecule has 0 aromatic heterocycles. The molecule has 1 atom stereocenters. The molecule has 0 rings (SSSR count). The van der Waals surface area contributed by atoms with E-state index in [0.29, 0.717) is 13.0 Å². The molecule has 0 fully saturated rings. The van der Waals surface area contributed by atoms with Gasteiger partial charge in [-0.3, -0.25) is 4.79 Å². The molecule has 0 amide bonds. The minimum atomic E-state index is -0.799. The van der Waals surface area contributed by atoms with Gasteiger partial charge in [0.1, 0.15) is 5.54 Å². The predicted octanol–water partition coefficient (Wildman–Crippen LogP) is 1.33. The van der Waals surface area contributed by atoms with Crippen molar-refractivity contribution in [3.8, 4) is 0 Å². The molecule has 1 unspecified atom stereocenters. The van der Waals surface area contributed by atoms with Crippen LogP contribution in [-0.2, 0) is 4.79 Å². The molecule has 0 radical (unpaired) electrons. The van der Waals surface area contributed by atoms with Gasteiger partial charge in [-0.15, -0.1) is 0 Å². The normalized spacial score (nSPS) is 14.7. The molecule has 0 aromatic rings. The lowest BCUT2D eigenvalue weighted by atomic mass is 9.96. The molecule has 5 heteroatoms. The number of hydrogen-bond donors (Lipinski definition) is 3. The van der Waals surface area contributed by atoms with Gasteiger partial charge in [-0.25, -0.2) is 0 Å². The number of rotatable bonds is 10. The van der Waals surface area contributed by atoms with Crippen molar-refractivity contribution in [1.82, 2.24) is 5.32 Å². The number of carbonyl (C=O) groups is 1. The molecule has 4 nitrogen and oxygen atoms in total. The van der Waals surface area contributed by atoms with E-state index in [2.05, 4.69) is 5.32 Å². The van der Waals surface area contributed by atoms with Crippen molar-refractivity contribution in [2.24, 2.45) is 0 Å². The first-order chi connectivity index (χ1) is 7.56. The summed E-state index contributed by atoms with van der Waals surface area (Å²) in [6.45, 7) is 4.55. The maximum Gasteiger partial charge on any atom is 0.323 e. The fourth-order valence-electron chi connectivity index (χ4n) is 1.46. The van der Waals surface area contributed by atoms with E-state index >= 15 is 0 Å². The molecule has 0 aliphatic carbocycles. The summed E-state index contributed by atoms with van der Waals surface area (Å²) in [7, 11) is 0. The molecule has 0 saturated heterocycles. The molecule has 0 aromatic carbocycles. The highest BCUT2D eigenvalue weighted by Crippen LogP contribution is 2.15. The zero-order valence-electron chi connectivity index (χ0n) is 10.2. The van der Waals surface area contributed by atoms with Gasteiger partial charge in [0.2, 0.25) is 0 Å². The monoisotopic (exact) mass is 249 g/mol. The van der Waals surface area contributed by atoms with Gasteiger partial charge in [-0.05, 0) is 44.2 Å². The molecule has 0 saturated carbocycles. The van der Waals surface area contributed by atoms with Crippen LogP contribution in [0.3, 0.4) is 0 Å². The van der Waals surface area contributed by atoms with Crippen molar-refractivity contribution in [3.63, 3.8) is 0 Å². The van der Waals surface area contributed by atoms with Crippen LogP contribution in [0.1, 0.15) is 33.1 Å². The van der Waals surface area contributed by atoms with Crippen LogP contribution in [0, 0.1) is 0 Å². The van der Waals surface area contributed by atoms with E-state index < -0.39 is 11.5 Å². The fourth-order valence-corrected chi connectivity index (χ4v) is 2.34. The third-order valence-electron chi connectivity index (χ3n) is 2.45. The van der Waals surface area contributed by atoms with Gasteiger partial charge < -0.3 is 15.5 Å². The Morgan fingerprint density at radius 3 is 2.50 bits per heavy atom. The Balaban J connectivity index is 3.73. The van der Waals surface area contributed by atoms with Crippen LogP contribution in [0.5, 0.6) is 0 Å². The van der Waals surface area contributed by atoms with Gasteiger partial charge in [0.15, 0.2) is 0 Å². The average molecular weight is 249 g/mol. The summed E-state index contributed by atoms with van der Waals surface area (Å²) in [4.78, 5) is 11.1. The van der Waals surface area contributed by atoms with Crippen LogP contribution in [-0.4, -0.2) is 46.4 Å². The second-order valence-electron chi connectivity index (χ2n) is 3.96. The smallest absolute Gasteiger partial charge is 0.323 e. The standard InChI is InChI=1S/C11H23NO3S/c1-3-12-11(2,10(14)15)6-4-8-16-9-5-7-13/h12-13H,3-9H2,1-2H3,(H,14,15). The Bertz CT molecular complexity index is 202. The first kappa shape index (κ1) is 15.7. The Hall–Kier alpha value is -0.260. The number of aliphatic hydroxyl groups excluding tert-OH is 1. The number of aliphatic hydroxyl groups is 1. The van der Waals surface area contributed by atoms with E-state index in [0.717, 1.165) is 24.3 Å².